The molecule has 2 rings (SSSR count). The molecule has 0 amide bonds. The summed E-state index contributed by atoms with van der Waals surface area (Å²) in [7, 11) is 0. The minimum Gasteiger partial charge on any atom is -0.481 e. The molecule has 0 bridgehead atoms. The molecule has 0 saturated heterocycles. The second kappa shape index (κ2) is 5.11. The largest absolute Gasteiger partial charge is 0.481 e. The molecule has 1 unspecified atom stereocenters. The minimum absolute atomic E-state index is 0.462. The van der Waals surface area contributed by atoms with Gasteiger partial charge in [0.2, 0.25) is 0 Å². The maximum absolute atomic E-state index is 11.4. The van der Waals surface area contributed by atoms with Gasteiger partial charge in [0.05, 0.1) is 11.5 Å². The number of carboxylic acid groups (broad SMARTS) is 1. The van der Waals surface area contributed by atoms with Crippen LogP contribution < -0.4 is 0 Å². The zero-order valence-electron chi connectivity index (χ0n) is 10.7. The summed E-state index contributed by atoms with van der Waals surface area (Å²) in [5, 5.41) is 20.0. The summed E-state index contributed by atoms with van der Waals surface area (Å²) in [5.41, 5.74) is 1.07. The van der Waals surface area contributed by atoms with E-state index in [4.69, 9.17) is 0 Å². The maximum atomic E-state index is 11.4. The van der Waals surface area contributed by atoms with Gasteiger partial charge in [0, 0.05) is 12.8 Å². The van der Waals surface area contributed by atoms with Crippen molar-refractivity contribution in [1.82, 2.24) is 0 Å². The summed E-state index contributed by atoms with van der Waals surface area (Å²) in [5.74, 6) is -1.54. The summed E-state index contributed by atoms with van der Waals surface area (Å²) in [6, 6.07) is 7.83. The van der Waals surface area contributed by atoms with E-state index in [0.29, 0.717) is 19.3 Å². The lowest BCUT2D eigenvalue weighted by Crippen LogP contribution is -2.43. The summed E-state index contributed by atoms with van der Waals surface area (Å²) in [6.45, 7) is 2.03. The Bertz CT molecular complexity index is 414. The van der Waals surface area contributed by atoms with E-state index >= 15 is 0 Å². The van der Waals surface area contributed by atoms with Gasteiger partial charge in [0.1, 0.15) is 0 Å². The number of hydrogen-bond acceptors (Lipinski definition) is 2. The van der Waals surface area contributed by atoms with Crippen LogP contribution in [0.15, 0.2) is 24.3 Å². The van der Waals surface area contributed by atoms with Gasteiger partial charge in [-0.25, -0.2) is 0 Å². The van der Waals surface area contributed by atoms with E-state index in [-0.39, 0.29) is 0 Å². The predicted molar refractivity (Wildman–Crippen MR) is 69.5 cm³/mol. The highest BCUT2D eigenvalue weighted by Crippen LogP contribution is 2.37. The summed E-state index contributed by atoms with van der Waals surface area (Å²) >= 11 is 0. The van der Waals surface area contributed by atoms with Crippen LogP contribution in [-0.4, -0.2) is 21.8 Å². The molecule has 0 radical (unpaired) electrons. The Labute approximate surface area is 107 Å². The van der Waals surface area contributed by atoms with Gasteiger partial charge >= 0.3 is 5.97 Å². The van der Waals surface area contributed by atoms with Crippen LogP contribution in [0.5, 0.6) is 0 Å². The third-order valence-electron chi connectivity index (χ3n) is 3.90. The first-order valence-corrected chi connectivity index (χ1v) is 6.59. The van der Waals surface area contributed by atoms with Crippen LogP contribution in [0.3, 0.4) is 0 Å². The number of aliphatic carboxylic acids is 1. The average molecular weight is 248 g/mol. The van der Waals surface area contributed by atoms with Gasteiger partial charge in [-0.2, -0.15) is 0 Å². The van der Waals surface area contributed by atoms with Crippen LogP contribution in [0.2, 0.25) is 0 Å². The van der Waals surface area contributed by atoms with E-state index in [1.54, 1.807) is 0 Å². The van der Waals surface area contributed by atoms with Crippen molar-refractivity contribution >= 4 is 5.97 Å². The van der Waals surface area contributed by atoms with Crippen LogP contribution in [0.1, 0.15) is 37.3 Å². The quantitative estimate of drug-likeness (QED) is 0.841. The van der Waals surface area contributed by atoms with Crippen molar-refractivity contribution in [3.8, 4) is 0 Å². The van der Waals surface area contributed by atoms with Crippen molar-refractivity contribution in [3.05, 3.63) is 35.4 Å². The zero-order valence-corrected chi connectivity index (χ0v) is 10.7. The molecule has 1 aromatic carbocycles. The monoisotopic (exact) mass is 248 g/mol. The van der Waals surface area contributed by atoms with Crippen molar-refractivity contribution < 1.29 is 15.0 Å². The number of carboxylic acids is 1. The van der Waals surface area contributed by atoms with Crippen LogP contribution in [-0.2, 0) is 17.6 Å². The van der Waals surface area contributed by atoms with Gasteiger partial charge in [-0.15, -0.1) is 0 Å². The molecule has 3 heteroatoms. The smallest absolute Gasteiger partial charge is 0.309 e. The number of rotatable bonds is 5. The first kappa shape index (κ1) is 13.1. The molecule has 18 heavy (non-hydrogen) atoms. The second-order valence-electron chi connectivity index (χ2n) is 5.26. The van der Waals surface area contributed by atoms with Gasteiger partial charge in [-0.3, -0.25) is 4.79 Å². The van der Waals surface area contributed by atoms with E-state index < -0.39 is 17.5 Å². The standard InChI is InChI=1S/C15H20O3/c1-2-3-8-13(14(16)17)15(18)9-11-6-4-5-7-12(11)10-15/h4-7,13,18H,2-3,8-10H2,1H3,(H,16,17). The molecule has 98 valence electrons. The summed E-state index contributed by atoms with van der Waals surface area (Å²) < 4.78 is 0. The van der Waals surface area contributed by atoms with Crippen molar-refractivity contribution in [2.45, 2.75) is 44.6 Å². The number of fused-ring (bicyclic) bond motifs is 1. The van der Waals surface area contributed by atoms with E-state index in [1.807, 2.05) is 31.2 Å². The molecule has 0 aromatic heterocycles. The second-order valence-corrected chi connectivity index (χ2v) is 5.26. The Kier molecular flexibility index (Phi) is 3.71. The molecule has 0 fully saturated rings. The van der Waals surface area contributed by atoms with E-state index in [0.717, 1.165) is 24.0 Å². The first-order valence-electron chi connectivity index (χ1n) is 6.59. The van der Waals surface area contributed by atoms with Crippen LogP contribution >= 0.6 is 0 Å². The summed E-state index contributed by atoms with van der Waals surface area (Å²) in [4.78, 5) is 11.4. The fourth-order valence-electron chi connectivity index (χ4n) is 2.90. The molecule has 1 aromatic rings. The molecule has 0 spiro atoms. The maximum Gasteiger partial charge on any atom is 0.309 e. The van der Waals surface area contributed by atoms with Crippen LogP contribution in [0, 0.1) is 5.92 Å². The zero-order chi connectivity index (χ0) is 13.2. The molecule has 1 aliphatic carbocycles. The third kappa shape index (κ3) is 2.41. The number of benzene rings is 1. The normalized spacial score (nSPS) is 18.3. The Morgan fingerprint density at radius 3 is 2.33 bits per heavy atom. The minimum atomic E-state index is -1.11. The molecule has 0 heterocycles. The van der Waals surface area contributed by atoms with E-state index in [2.05, 4.69) is 0 Å². The van der Waals surface area contributed by atoms with Crippen molar-refractivity contribution in [2.24, 2.45) is 5.92 Å². The van der Waals surface area contributed by atoms with Crippen LogP contribution in [0.4, 0.5) is 0 Å². The molecule has 2 N–H and O–H groups in total. The molecule has 1 atom stereocenters. The first-order chi connectivity index (χ1) is 8.57. The SMILES string of the molecule is CCCCC(C(=O)O)C1(O)Cc2ccccc2C1. The average Bonchev–Trinajstić information content (AvgIpc) is 2.65. The van der Waals surface area contributed by atoms with Gasteiger partial charge in [-0.05, 0) is 17.5 Å². The molecule has 1 aliphatic rings. The molecule has 0 saturated carbocycles. The fourth-order valence-corrected chi connectivity index (χ4v) is 2.90. The highest BCUT2D eigenvalue weighted by atomic mass is 16.4. The van der Waals surface area contributed by atoms with Crippen molar-refractivity contribution in [3.63, 3.8) is 0 Å². The lowest BCUT2D eigenvalue weighted by atomic mass is 9.81. The van der Waals surface area contributed by atoms with Crippen molar-refractivity contribution in [1.29, 1.82) is 0 Å². The van der Waals surface area contributed by atoms with Crippen molar-refractivity contribution in [2.75, 3.05) is 0 Å². The number of unbranched alkanes of at least 4 members (excludes halogenated alkanes) is 1. The third-order valence-corrected chi connectivity index (χ3v) is 3.90. The Morgan fingerprint density at radius 1 is 1.33 bits per heavy atom. The molecular formula is C15H20O3. The Balaban J connectivity index is 2.19. The number of hydrogen-bond donors (Lipinski definition) is 2. The topological polar surface area (TPSA) is 57.5 Å². The lowest BCUT2D eigenvalue weighted by molar-refractivity contribution is -0.152. The number of aliphatic hydroxyl groups is 1. The Morgan fingerprint density at radius 2 is 1.89 bits per heavy atom. The van der Waals surface area contributed by atoms with Gasteiger partial charge in [0.15, 0.2) is 0 Å². The van der Waals surface area contributed by atoms with Gasteiger partial charge < -0.3 is 10.2 Å². The molecular weight excluding hydrogens is 228 g/mol. The number of carbonyl (C=O) groups is 1. The van der Waals surface area contributed by atoms with Gasteiger partial charge in [0.25, 0.3) is 0 Å². The molecule has 3 nitrogen and oxygen atoms in total. The predicted octanol–water partition coefficient (Wildman–Crippen LogP) is 2.41. The summed E-state index contributed by atoms with van der Waals surface area (Å²) in [6.07, 6.45) is 3.27. The highest BCUT2D eigenvalue weighted by Gasteiger charge is 2.45. The fraction of sp³-hybridized carbons (Fsp3) is 0.533. The van der Waals surface area contributed by atoms with Gasteiger partial charge in [-0.1, -0.05) is 44.0 Å². The molecule has 0 aliphatic heterocycles. The lowest BCUT2D eigenvalue weighted by Gasteiger charge is -2.29. The van der Waals surface area contributed by atoms with E-state index in [9.17, 15) is 15.0 Å². The van der Waals surface area contributed by atoms with E-state index in [1.165, 1.54) is 0 Å². The Hall–Kier alpha value is -1.35. The van der Waals surface area contributed by atoms with Crippen LogP contribution in [0.25, 0.3) is 0 Å². The highest BCUT2D eigenvalue weighted by molar-refractivity contribution is 5.72.